The molecule has 0 rings (SSSR count). The molecule has 0 nitrogen and oxygen atoms in total. The van der Waals surface area contributed by atoms with E-state index >= 15 is 0 Å². The van der Waals surface area contributed by atoms with Crippen LogP contribution in [0, 0.1) is 5.92 Å². The molecule has 0 radical (unpaired) electrons. The van der Waals surface area contributed by atoms with Crippen LogP contribution >= 0.6 is 0 Å². The second-order valence-electron chi connectivity index (χ2n) is 3.29. The van der Waals surface area contributed by atoms with Gasteiger partial charge in [-0.15, -0.1) is 0 Å². The summed E-state index contributed by atoms with van der Waals surface area (Å²) in [6.07, 6.45) is -0.0206. The molecule has 0 atom stereocenters. The zero-order chi connectivity index (χ0) is 10.5. The van der Waals surface area contributed by atoms with Gasteiger partial charge >= 0.3 is 6.18 Å². The van der Waals surface area contributed by atoms with Crippen LogP contribution in [0.4, 0.5) is 13.2 Å². The summed E-state index contributed by atoms with van der Waals surface area (Å²) in [4.78, 5) is 0. The summed E-state index contributed by atoms with van der Waals surface area (Å²) in [7, 11) is 0. The molecule has 0 saturated heterocycles. The van der Waals surface area contributed by atoms with E-state index in [4.69, 9.17) is 0 Å². The normalized spacial score (nSPS) is 14.5. The van der Waals surface area contributed by atoms with Crippen LogP contribution < -0.4 is 0 Å². The number of allylic oxidation sites excluding steroid dienone is 4. The smallest absolute Gasteiger partial charge is 0.166 e. The first-order valence-electron chi connectivity index (χ1n) is 4.28. The van der Waals surface area contributed by atoms with Crippen molar-refractivity contribution in [1.29, 1.82) is 0 Å². The molecular formula is C10H15F3. The van der Waals surface area contributed by atoms with Crippen molar-refractivity contribution in [2.45, 2.75) is 33.4 Å². The Hall–Kier alpha value is -0.730. The molecule has 0 heterocycles. The van der Waals surface area contributed by atoms with Crippen molar-refractivity contribution in [1.82, 2.24) is 0 Å². The molecule has 0 saturated carbocycles. The van der Waals surface area contributed by atoms with E-state index in [2.05, 4.69) is 0 Å². The summed E-state index contributed by atoms with van der Waals surface area (Å²) in [5.74, 6) is 0.252. The van der Waals surface area contributed by atoms with E-state index in [1.807, 2.05) is 13.8 Å². The van der Waals surface area contributed by atoms with E-state index < -0.39 is 11.7 Å². The zero-order valence-electron chi connectivity index (χ0n) is 8.15. The molecule has 0 aromatic rings. The minimum atomic E-state index is -4.22. The number of hydrogen-bond donors (Lipinski definition) is 0. The molecule has 0 aromatic carbocycles. The van der Waals surface area contributed by atoms with Gasteiger partial charge in [-0.3, -0.25) is 0 Å². The van der Waals surface area contributed by atoms with E-state index in [0.29, 0.717) is 6.42 Å². The summed E-state index contributed by atoms with van der Waals surface area (Å²) in [6, 6.07) is 0. The lowest BCUT2D eigenvalue weighted by molar-refractivity contribution is -0.0884. The van der Waals surface area contributed by atoms with Crippen LogP contribution in [0.3, 0.4) is 0 Å². The third-order valence-corrected chi connectivity index (χ3v) is 1.48. The van der Waals surface area contributed by atoms with E-state index in [9.17, 15) is 13.2 Å². The lowest BCUT2D eigenvalue weighted by Gasteiger charge is -2.08. The Morgan fingerprint density at radius 1 is 1.31 bits per heavy atom. The quantitative estimate of drug-likeness (QED) is 0.590. The van der Waals surface area contributed by atoms with Crippen LogP contribution in [0.25, 0.3) is 0 Å². The van der Waals surface area contributed by atoms with Gasteiger partial charge in [0.1, 0.15) is 0 Å². The predicted molar refractivity (Wildman–Crippen MR) is 48.4 cm³/mol. The van der Waals surface area contributed by atoms with E-state index in [1.165, 1.54) is 12.2 Å². The van der Waals surface area contributed by atoms with Crippen molar-refractivity contribution in [3.05, 3.63) is 23.8 Å². The van der Waals surface area contributed by atoms with E-state index in [0.717, 1.165) is 6.08 Å². The van der Waals surface area contributed by atoms with Gasteiger partial charge < -0.3 is 0 Å². The summed E-state index contributed by atoms with van der Waals surface area (Å²) in [5, 5.41) is 0. The molecule has 0 fully saturated rings. The first-order valence-corrected chi connectivity index (χ1v) is 4.28. The topological polar surface area (TPSA) is 0 Å². The van der Waals surface area contributed by atoms with Crippen LogP contribution in [0.1, 0.15) is 27.2 Å². The maximum Gasteiger partial charge on any atom is 0.416 e. The van der Waals surface area contributed by atoms with Crippen LogP contribution in [0.2, 0.25) is 0 Å². The van der Waals surface area contributed by atoms with Gasteiger partial charge in [0.15, 0.2) is 0 Å². The molecule has 3 heteroatoms. The van der Waals surface area contributed by atoms with Crippen molar-refractivity contribution in [2.75, 3.05) is 0 Å². The van der Waals surface area contributed by atoms with Crippen molar-refractivity contribution in [3.63, 3.8) is 0 Å². The van der Waals surface area contributed by atoms with Crippen molar-refractivity contribution in [2.24, 2.45) is 5.92 Å². The molecular weight excluding hydrogens is 177 g/mol. The van der Waals surface area contributed by atoms with Gasteiger partial charge in [0.2, 0.25) is 0 Å². The minimum Gasteiger partial charge on any atom is -0.166 e. The second-order valence-corrected chi connectivity index (χ2v) is 3.29. The number of hydrogen-bond acceptors (Lipinski definition) is 0. The molecule has 0 aromatic heterocycles. The summed E-state index contributed by atoms with van der Waals surface area (Å²) in [6.45, 7) is 5.36. The highest BCUT2D eigenvalue weighted by atomic mass is 19.4. The van der Waals surface area contributed by atoms with E-state index in [1.54, 1.807) is 6.92 Å². The van der Waals surface area contributed by atoms with Crippen LogP contribution in [-0.4, -0.2) is 6.18 Å². The fourth-order valence-electron chi connectivity index (χ4n) is 0.820. The zero-order valence-corrected chi connectivity index (χ0v) is 8.15. The Balaban J connectivity index is 4.51. The summed E-state index contributed by atoms with van der Waals surface area (Å²) in [5.41, 5.74) is -0.552. The monoisotopic (exact) mass is 192 g/mol. The molecule has 0 N–H and O–H groups in total. The number of rotatable bonds is 3. The maximum atomic E-state index is 12.2. The molecule has 0 aliphatic heterocycles. The molecule has 0 aliphatic carbocycles. The van der Waals surface area contributed by atoms with Gasteiger partial charge in [-0.05, 0) is 19.3 Å². The van der Waals surface area contributed by atoms with Crippen molar-refractivity contribution < 1.29 is 13.2 Å². The summed E-state index contributed by atoms with van der Waals surface area (Å²) < 4.78 is 36.7. The lowest BCUT2D eigenvalue weighted by atomic mass is 10.1. The molecule has 0 amide bonds. The fraction of sp³-hybridized carbons (Fsp3) is 0.600. The first kappa shape index (κ1) is 12.3. The highest BCUT2D eigenvalue weighted by molar-refractivity contribution is 5.23. The van der Waals surface area contributed by atoms with Crippen LogP contribution in [-0.2, 0) is 0 Å². The van der Waals surface area contributed by atoms with Crippen LogP contribution in [0.15, 0.2) is 23.8 Å². The van der Waals surface area contributed by atoms with Crippen molar-refractivity contribution in [3.8, 4) is 0 Å². The Bertz CT molecular complexity index is 197. The largest absolute Gasteiger partial charge is 0.416 e. The second kappa shape index (κ2) is 5.10. The molecule has 0 unspecified atom stereocenters. The number of halogens is 3. The first-order chi connectivity index (χ1) is 5.88. The SMILES string of the molecule is C/C=C\C(=C/CC(C)C)C(F)(F)F. The Morgan fingerprint density at radius 2 is 1.85 bits per heavy atom. The Labute approximate surface area is 77.1 Å². The third-order valence-electron chi connectivity index (χ3n) is 1.48. The van der Waals surface area contributed by atoms with Gasteiger partial charge in [0.25, 0.3) is 0 Å². The van der Waals surface area contributed by atoms with Crippen molar-refractivity contribution >= 4 is 0 Å². The average molecular weight is 192 g/mol. The lowest BCUT2D eigenvalue weighted by Crippen LogP contribution is -2.10. The number of alkyl halides is 3. The standard InChI is InChI=1S/C10H15F3/c1-4-5-9(10(11,12)13)7-6-8(2)3/h4-5,7-8H,6H2,1-3H3/b5-4-,9-7+. The molecule has 0 aliphatic rings. The highest BCUT2D eigenvalue weighted by Crippen LogP contribution is 2.27. The maximum absolute atomic E-state index is 12.2. The Morgan fingerprint density at radius 3 is 2.15 bits per heavy atom. The minimum absolute atomic E-state index is 0.252. The van der Waals surface area contributed by atoms with Gasteiger partial charge in [-0.2, -0.15) is 13.2 Å². The highest BCUT2D eigenvalue weighted by Gasteiger charge is 2.31. The van der Waals surface area contributed by atoms with Gasteiger partial charge in [0.05, 0.1) is 5.57 Å². The van der Waals surface area contributed by atoms with Gasteiger partial charge in [-0.25, -0.2) is 0 Å². The fourth-order valence-corrected chi connectivity index (χ4v) is 0.820. The molecule has 0 bridgehead atoms. The molecule has 13 heavy (non-hydrogen) atoms. The van der Waals surface area contributed by atoms with Gasteiger partial charge in [-0.1, -0.05) is 32.1 Å². The van der Waals surface area contributed by atoms with E-state index in [-0.39, 0.29) is 5.92 Å². The molecule has 0 spiro atoms. The molecule has 76 valence electrons. The Kier molecular flexibility index (Phi) is 4.81. The average Bonchev–Trinajstić information content (AvgIpc) is 1.95. The predicted octanol–water partition coefficient (Wildman–Crippen LogP) is 4.10. The summed E-state index contributed by atoms with van der Waals surface area (Å²) >= 11 is 0. The van der Waals surface area contributed by atoms with Gasteiger partial charge in [0, 0.05) is 0 Å². The third kappa shape index (κ3) is 5.50. The van der Waals surface area contributed by atoms with Crippen LogP contribution in [0.5, 0.6) is 0 Å².